The first kappa shape index (κ1) is 17.3. The fraction of sp³-hybridized carbons (Fsp3) is 0.294. The Kier molecular flexibility index (Phi) is 5.13. The van der Waals surface area contributed by atoms with E-state index in [1.54, 1.807) is 12.1 Å². The van der Waals surface area contributed by atoms with Crippen LogP contribution in [0.15, 0.2) is 18.2 Å². The quantitative estimate of drug-likeness (QED) is 0.756. The van der Waals surface area contributed by atoms with E-state index in [0.29, 0.717) is 26.2 Å². The van der Waals surface area contributed by atoms with Gasteiger partial charge in [-0.1, -0.05) is 29.6 Å². The minimum absolute atomic E-state index is 0.307. The normalized spacial score (nSPS) is 13.9. The number of nitrogens with two attached hydrogens (primary N) is 1. The predicted octanol–water partition coefficient (Wildman–Crippen LogP) is 4.68. The minimum Gasteiger partial charge on any atom is -0.365 e. The van der Waals surface area contributed by atoms with Gasteiger partial charge in [0, 0.05) is 10.4 Å². The summed E-state index contributed by atoms with van der Waals surface area (Å²) in [6.07, 6.45) is 5.01. The highest BCUT2D eigenvalue weighted by Crippen LogP contribution is 2.37. The SMILES string of the molecule is NC(=O)c1c(NC(=O)c2ccc(Cl)c(Cl)c2)sc2c1CCCCC2. The molecule has 3 rings (SSSR count). The predicted molar refractivity (Wildman–Crippen MR) is 98.5 cm³/mol. The van der Waals surface area contributed by atoms with Crippen LogP contribution in [0, 0.1) is 0 Å². The van der Waals surface area contributed by atoms with Gasteiger partial charge in [0.2, 0.25) is 0 Å². The smallest absolute Gasteiger partial charge is 0.256 e. The second-order valence-corrected chi connectivity index (χ2v) is 7.64. The molecule has 3 N–H and O–H groups in total. The van der Waals surface area contributed by atoms with E-state index in [0.717, 1.165) is 42.5 Å². The van der Waals surface area contributed by atoms with Crippen LogP contribution in [-0.2, 0) is 12.8 Å². The van der Waals surface area contributed by atoms with Gasteiger partial charge in [0.15, 0.2) is 0 Å². The number of rotatable bonds is 3. The van der Waals surface area contributed by atoms with E-state index >= 15 is 0 Å². The maximum atomic E-state index is 12.5. The van der Waals surface area contributed by atoms with Crippen LogP contribution in [0.3, 0.4) is 0 Å². The fourth-order valence-electron chi connectivity index (χ4n) is 2.90. The van der Waals surface area contributed by atoms with Crippen molar-refractivity contribution < 1.29 is 9.59 Å². The number of anilines is 1. The lowest BCUT2D eigenvalue weighted by molar-refractivity contribution is 0.100. The van der Waals surface area contributed by atoms with E-state index in [-0.39, 0.29) is 5.91 Å². The number of aryl methyl sites for hydroxylation is 1. The number of halogens is 2. The summed E-state index contributed by atoms with van der Waals surface area (Å²) in [7, 11) is 0. The van der Waals surface area contributed by atoms with Crippen molar-refractivity contribution in [3.8, 4) is 0 Å². The zero-order valence-corrected chi connectivity index (χ0v) is 15.2. The Morgan fingerprint density at radius 2 is 1.83 bits per heavy atom. The van der Waals surface area contributed by atoms with E-state index in [1.807, 2.05) is 0 Å². The average molecular weight is 383 g/mol. The number of hydrogen-bond donors (Lipinski definition) is 2. The Labute approximate surface area is 153 Å². The van der Waals surface area contributed by atoms with Gasteiger partial charge in [0.1, 0.15) is 5.00 Å². The molecule has 24 heavy (non-hydrogen) atoms. The van der Waals surface area contributed by atoms with Crippen molar-refractivity contribution in [1.29, 1.82) is 0 Å². The summed E-state index contributed by atoms with van der Waals surface area (Å²) in [6.45, 7) is 0. The maximum Gasteiger partial charge on any atom is 0.256 e. The number of fused-ring (bicyclic) bond motifs is 1. The van der Waals surface area contributed by atoms with Crippen LogP contribution >= 0.6 is 34.5 Å². The highest BCUT2D eigenvalue weighted by Gasteiger charge is 2.24. The van der Waals surface area contributed by atoms with Gasteiger partial charge in [-0.3, -0.25) is 9.59 Å². The van der Waals surface area contributed by atoms with E-state index in [2.05, 4.69) is 5.32 Å². The summed E-state index contributed by atoms with van der Waals surface area (Å²) in [5.74, 6) is -0.841. The molecule has 2 aromatic rings. The molecule has 1 aliphatic carbocycles. The molecule has 0 aliphatic heterocycles. The number of carbonyl (C=O) groups excluding carboxylic acids is 2. The van der Waals surface area contributed by atoms with Crippen molar-refractivity contribution in [1.82, 2.24) is 0 Å². The van der Waals surface area contributed by atoms with Gasteiger partial charge >= 0.3 is 0 Å². The van der Waals surface area contributed by atoms with Crippen LogP contribution < -0.4 is 11.1 Å². The summed E-state index contributed by atoms with van der Waals surface area (Å²) < 4.78 is 0. The number of nitrogens with one attached hydrogen (secondary N) is 1. The van der Waals surface area contributed by atoms with E-state index < -0.39 is 5.91 Å². The fourth-order valence-corrected chi connectivity index (χ4v) is 4.49. The largest absolute Gasteiger partial charge is 0.365 e. The molecule has 0 bridgehead atoms. The zero-order valence-electron chi connectivity index (χ0n) is 12.8. The molecule has 7 heteroatoms. The minimum atomic E-state index is -0.501. The van der Waals surface area contributed by atoms with Crippen LogP contribution in [0.4, 0.5) is 5.00 Å². The lowest BCUT2D eigenvalue weighted by Gasteiger charge is -2.07. The zero-order chi connectivity index (χ0) is 17.3. The molecule has 4 nitrogen and oxygen atoms in total. The van der Waals surface area contributed by atoms with Crippen molar-refractivity contribution in [2.24, 2.45) is 5.73 Å². The van der Waals surface area contributed by atoms with Crippen LogP contribution in [0.25, 0.3) is 0 Å². The molecule has 1 aromatic heterocycles. The van der Waals surface area contributed by atoms with Crippen LogP contribution in [-0.4, -0.2) is 11.8 Å². The van der Waals surface area contributed by atoms with Crippen LogP contribution in [0.1, 0.15) is 50.4 Å². The third-order valence-corrected chi connectivity index (χ3v) is 6.02. The van der Waals surface area contributed by atoms with Gasteiger partial charge < -0.3 is 11.1 Å². The summed E-state index contributed by atoms with van der Waals surface area (Å²) in [6, 6.07) is 4.66. The summed E-state index contributed by atoms with van der Waals surface area (Å²) in [4.78, 5) is 25.5. The van der Waals surface area contributed by atoms with Gasteiger partial charge in [0.25, 0.3) is 11.8 Å². The Morgan fingerprint density at radius 1 is 1.08 bits per heavy atom. The van der Waals surface area contributed by atoms with Crippen LogP contribution in [0.5, 0.6) is 0 Å². The Morgan fingerprint density at radius 3 is 2.54 bits per heavy atom. The summed E-state index contributed by atoms with van der Waals surface area (Å²) in [5.41, 5.74) is 7.39. The highest BCUT2D eigenvalue weighted by atomic mass is 35.5. The Bertz CT molecular complexity index is 817. The first-order chi connectivity index (χ1) is 11.5. The van der Waals surface area contributed by atoms with Gasteiger partial charge in [-0.25, -0.2) is 0 Å². The molecule has 1 heterocycles. The van der Waals surface area contributed by atoms with Crippen LogP contribution in [0.2, 0.25) is 10.0 Å². The second-order valence-electron chi connectivity index (χ2n) is 5.72. The number of thiophene rings is 1. The Hall–Kier alpha value is -1.56. The number of amides is 2. The lowest BCUT2D eigenvalue weighted by Crippen LogP contribution is -2.18. The summed E-state index contributed by atoms with van der Waals surface area (Å²) in [5, 5.41) is 4.02. The number of benzene rings is 1. The van der Waals surface area contributed by atoms with Gasteiger partial charge in [-0.2, -0.15) is 0 Å². The van der Waals surface area contributed by atoms with E-state index in [4.69, 9.17) is 28.9 Å². The highest BCUT2D eigenvalue weighted by molar-refractivity contribution is 7.17. The standard InChI is InChI=1S/C17H16Cl2N2O2S/c18-11-7-6-9(8-12(11)19)16(23)21-17-14(15(20)22)10-4-2-1-3-5-13(10)24-17/h6-8H,1-5H2,(H2,20,22)(H,21,23). The Balaban J connectivity index is 1.93. The molecule has 0 atom stereocenters. The molecule has 0 fully saturated rings. The molecular weight excluding hydrogens is 367 g/mol. The van der Waals surface area contributed by atoms with Crippen molar-refractivity contribution in [2.75, 3.05) is 5.32 Å². The average Bonchev–Trinajstić information content (AvgIpc) is 2.71. The van der Waals surface area contributed by atoms with Crippen molar-refractivity contribution in [3.05, 3.63) is 49.8 Å². The molecule has 2 amide bonds. The first-order valence-electron chi connectivity index (χ1n) is 7.68. The third-order valence-electron chi connectivity index (χ3n) is 4.08. The van der Waals surface area contributed by atoms with E-state index in [1.165, 1.54) is 17.4 Å². The molecular formula is C17H16Cl2N2O2S. The number of hydrogen-bond acceptors (Lipinski definition) is 3. The lowest BCUT2D eigenvalue weighted by atomic mass is 10.1. The van der Waals surface area contributed by atoms with Gasteiger partial charge in [-0.05, 0) is 49.4 Å². The van der Waals surface area contributed by atoms with Gasteiger partial charge in [-0.15, -0.1) is 11.3 Å². The van der Waals surface area contributed by atoms with Crippen molar-refractivity contribution >= 4 is 51.4 Å². The number of carbonyl (C=O) groups is 2. The molecule has 0 saturated heterocycles. The molecule has 0 radical (unpaired) electrons. The molecule has 1 aromatic carbocycles. The summed E-state index contributed by atoms with van der Waals surface area (Å²) >= 11 is 13.3. The van der Waals surface area contributed by atoms with Gasteiger partial charge in [0.05, 0.1) is 15.6 Å². The molecule has 1 aliphatic rings. The molecule has 0 unspecified atom stereocenters. The van der Waals surface area contributed by atoms with Crippen molar-refractivity contribution in [3.63, 3.8) is 0 Å². The maximum absolute atomic E-state index is 12.5. The topological polar surface area (TPSA) is 72.2 Å². The monoisotopic (exact) mass is 382 g/mol. The number of primary amides is 1. The van der Waals surface area contributed by atoms with E-state index in [9.17, 15) is 9.59 Å². The molecule has 0 spiro atoms. The second kappa shape index (κ2) is 7.13. The molecule has 126 valence electrons. The molecule has 0 saturated carbocycles. The first-order valence-corrected chi connectivity index (χ1v) is 9.25. The van der Waals surface area contributed by atoms with Crippen molar-refractivity contribution in [2.45, 2.75) is 32.1 Å². The third kappa shape index (κ3) is 3.43.